The Hall–Kier alpha value is -2.17. The molecular formula is C17H22N4O. The van der Waals surface area contributed by atoms with Crippen LogP contribution in [0.5, 0.6) is 0 Å². The molecule has 116 valence electrons. The van der Waals surface area contributed by atoms with E-state index in [9.17, 15) is 4.79 Å². The minimum Gasteiger partial charge on any atom is -0.326 e. The van der Waals surface area contributed by atoms with E-state index in [0.29, 0.717) is 5.41 Å². The summed E-state index contributed by atoms with van der Waals surface area (Å²) < 4.78 is 1.69. The number of hydrogen-bond donors (Lipinski definition) is 1. The van der Waals surface area contributed by atoms with Crippen LogP contribution in [0.3, 0.4) is 0 Å². The molecule has 0 unspecified atom stereocenters. The first-order valence-corrected chi connectivity index (χ1v) is 7.79. The summed E-state index contributed by atoms with van der Waals surface area (Å²) >= 11 is 0. The van der Waals surface area contributed by atoms with Crippen molar-refractivity contribution in [3.05, 3.63) is 36.9 Å². The molecule has 0 atom stereocenters. The Morgan fingerprint density at radius 1 is 1.23 bits per heavy atom. The molecule has 0 aliphatic heterocycles. The standard InChI is InChI=1S/C17H22N4O/c1-17(2)9-7-13(8-10-17)16(22)20-14-3-5-15(6-4-14)21-12-18-11-19-21/h3-6,11-13H,7-10H2,1-2H3,(H,20,22). The van der Waals surface area contributed by atoms with Gasteiger partial charge in [0.25, 0.3) is 0 Å². The Kier molecular flexibility index (Phi) is 3.96. The molecule has 0 spiro atoms. The van der Waals surface area contributed by atoms with Gasteiger partial charge in [0.15, 0.2) is 0 Å². The predicted octanol–water partition coefficient (Wildman–Crippen LogP) is 3.42. The first-order chi connectivity index (χ1) is 10.5. The van der Waals surface area contributed by atoms with E-state index in [1.54, 1.807) is 11.0 Å². The third kappa shape index (κ3) is 3.35. The summed E-state index contributed by atoms with van der Waals surface area (Å²) in [7, 11) is 0. The summed E-state index contributed by atoms with van der Waals surface area (Å²) in [6, 6.07) is 7.66. The van der Waals surface area contributed by atoms with Gasteiger partial charge in [0.05, 0.1) is 5.69 Å². The van der Waals surface area contributed by atoms with E-state index < -0.39 is 0 Å². The van der Waals surface area contributed by atoms with E-state index in [1.165, 1.54) is 6.33 Å². The van der Waals surface area contributed by atoms with Gasteiger partial charge in [-0.1, -0.05) is 13.8 Å². The lowest BCUT2D eigenvalue weighted by Crippen LogP contribution is -2.30. The maximum atomic E-state index is 12.4. The van der Waals surface area contributed by atoms with Gasteiger partial charge in [0, 0.05) is 11.6 Å². The number of nitrogens with one attached hydrogen (secondary N) is 1. The molecule has 5 nitrogen and oxygen atoms in total. The second kappa shape index (κ2) is 5.91. The summed E-state index contributed by atoms with van der Waals surface area (Å²) in [6.45, 7) is 4.56. The van der Waals surface area contributed by atoms with Gasteiger partial charge in [-0.15, -0.1) is 0 Å². The Bertz CT molecular complexity index is 621. The minimum absolute atomic E-state index is 0.142. The molecule has 0 radical (unpaired) electrons. The summed E-state index contributed by atoms with van der Waals surface area (Å²) in [5, 5.41) is 7.11. The summed E-state index contributed by atoms with van der Waals surface area (Å²) in [6.07, 6.45) is 7.36. The normalized spacial score (nSPS) is 18.1. The summed E-state index contributed by atoms with van der Waals surface area (Å²) in [4.78, 5) is 16.3. The van der Waals surface area contributed by atoms with Crippen LogP contribution in [0.15, 0.2) is 36.9 Å². The smallest absolute Gasteiger partial charge is 0.227 e. The van der Waals surface area contributed by atoms with Crippen molar-refractivity contribution in [3.63, 3.8) is 0 Å². The van der Waals surface area contributed by atoms with E-state index in [0.717, 1.165) is 37.1 Å². The highest BCUT2D eigenvalue weighted by atomic mass is 16.1. The molecule has 5 heteroatoms. The Balaban J connectivity index is 1.60. The zero-order valence-corrected chi connectivity index (χ0v) is 13.1. The second-order valence-electron chi connectivity index (χ2n) is 6.81. The van der Waals surface area contributed by atoms with E-state index >= 15 is 0 Å². The van der Waals surface area contributed by atoms with Crippen LogP contribution in [-0.2, 0) is 4.79 Å². The molecule has 1 aromatic heterocycles. The molecule has 1 amide bonds. The molecule has 22 heavy (non-hydrogen) atoms. The number of hydrogen-bond acceptors (Lipinski definition) is 3. The summed E-state index contributed by atoms with van der Waals surface area (Å²) in [5.41, 5.74) is 2.14. The van der Waals surface area contributed by atoms with Gasteiger partial charge < -0.3 is 5.32 Å². The quantitative estimate of drug-likeness (QED) is 0.944. The van der Waals surface area contributed by atoms with Crippen LogP contribution in [0.25, 0.3) is 5.69 Å². The van der Waals surface area contributed by atoms with Crippen molar-refractivity contribution in [2.45, 2.75) is 39.5 Å². The Morgan fingerprint density at radius 3 is 2.50 bits per heavy atom. The fourth-order valence-corrected chi connectivity index (χ4v) is 2.94. The SMILES string of the molecule is CC1(C)CCC(C(=O)Nc2ccc(-n3cncn3)cc2)CC1. The van der Waals surface area contributed by atoms with Gasteiger partial charge in [0.2, 0.25) is 5.91 Å². The minimum atomic E-state index is 0.142. The van der Waals surface area contributed by atoms with Crippen LogP contribution in [0.2, 0.25) is 0 Å². The molecular weight excluding hydrogens is 276 g/mol. The van der Waals surface area contributed by atoms with Crippen molar-refractivity contribution in [2.24, 2.45) is 11.3 Å². The largest absolute Gasteiger partial charge is 0.326 e. The first kappa shape index (κ1) is 14.8. The third-order valence-corrected chi connectivity index (χ3v) is 4.53. The van der Waals surface area contributed by atoms with E-state index in [-0.39, 0.29) is 11.8 Å². The molecule has 2 aromatic rings. The van der Waals surface area contributed by atoms with Gasteiger partial charge >= 0.3 is 0 Å². The van der Waals surface area contributed by atoms with Crippen LogP contribution >= 0.6 is 0 Å². The maximum absolute atomic E-state index is 12.4. The molecule has 1 N–H and O–H groups in total. The molecule has 1 fully saturated rings. The van der Waals surface area contributed by atoms with Crippen LogP contribution in [0, 0.1) is 11.3 Å². The first-order valence-electron chi connectivity index (χ1n) is 7.79. The number of benzene rings is 1. The molecule has 1 aromatic carbocycles. The van der Waals surface area contributed by atoms with Crippen LogP contribution in [-0.4, -0.2) is 20.7 Å². The van der Waals surface area contributed by atoms with Crippen molar-refractivity contribution in [1.29, 1.82) is 0 Å². The lowest BCUT2D eigenvalue weighted by atomic mass is 9.73. The number of rotatable bonds is 3. The van der Waals surface area contributed by atoms with Crippen LogP contribution in [0.4, 0.5) is 5.69 Å². The van der Waals surface area contributed by atoms with Gasteiger partial charge in [-0.2, -0.15) is 5.10 Å². The van der Waals surface area contributed by atoms with Crippen molar-refractivity contribution in [1.82, 2.24) is 14.8 Å². The highest BCUT2D eigenvalue weighted by Crippen LogP contribution is 2.38. The van der Waals surface area contributed by atoms with E-state index in [2.05, 4.69) is 29.2 Å². The van der Waals surface area contributed by atoms with Crippen LogP contribution in [0.1, 0.15) is 39.5 Å². The fraction of sp³-hybridized carbons (Fsp3) is 0.471. The molecule has 1 aliphatic carbocycles. The van der Waals surface area contributed by atoms with Gasteiger partial charge in [-0.05, 0) is 55.4 Å². The predicted molar refractivity (Wildman–Crippen MR) is 85.7 cm³/mol. The topological polar surface area (TPSA) is 59.8 Å². The molecule has 3 rings (SSSR count). The number of aromatic nitrogens is 3. The molecule has 0 saturated heterocycles. The highest BCUT2D eigenvalue weighted by Gasteiger charge is 2.30. The van der Waals surface area contributed by atoms with Gasteiger partial charge in [0.1, 0.15) is 12.7 Å². The third-order valence-electron chi connectivity index (χ3n) is 4.53. The number of anilines is 1. The number of amides is 1. The van der Waals surface area contributed by atoms with Crippen LogP contribution < -0.4 is 5.32 Å². The van der Waals surface area contributed by atoms with Crippen molar-refractivity contribution in [2.75, 3.05) is 5.32 Å². The summed E-state index contributed by atoms with van der Waals surface area (Å²) in [5.74, 6) is 0.284. The molecule has 1 aliphatic rings. The monoisotopic (exact) mass is 298 g/mol. The van der Waals surface area contributed by atoms with E-state index in [1.807, 2.05) is 24.3 Å². The fourth-order valence-electron chi connectivity index (χ4n) is 2.94. The van der Waals surface area contributed by atoms with Gasteiger partial charge in [-0.25, -0.2) is 9.67 Å². The highest BCUT2D eigenvalue weighted by molar-refractivity contribution is 5.92. The van der Waals surface area contributed by atoms with E-state index in [4.69, 9.17) is 0 Å². The molecule has 0 bridgehead atoms. The van der Waals surface area contributed by atoms with Crippen molar-refractivity contribution < 1.29 is 4.79 Å². The lowest BCUT2D eigenvalue weighted by Gasteiger charge is -2.33. The van der Waals surface area contributed by atoms with Crippen molar-refractivity contribution >= 4 is 11.6 Å². The number of carbonyl (C=O) groups excluding carboxylic acids is 1. The lowest BCUT2D eigenvalue weighted by molar-refractivity contribution is -0.121. The van der Waals surface area contributed by atoms with Crippen molar-refractivity contribution in [3.8, 4) is 5.69 Å². The Labute approximate surface area is 130 Å². The number of nitrogens with zero attached hydrogens (tertiary/aromatic N) is 3. The average molecular weight is 298 g/mol. The average Bonchev–Trinajstić information content (AvgIpc) is 3.02. The maximum Gasteiger partial charge on any atom is 0.227 e. The number of carbonyl (C=O) groups is 1. The molecule has 1 saturated carbocycles. The molecule has 1 heterocycles. The van der Waals surface area contributed by atoms with Gasteiger partial charge in [-0.3, -0.25) is 4.79 Å². The second-order valence-corrected chi connectivity index (χ2v) is 6.81. The zero-order chi connectivity index (χ0) is 15.6. The Morgan fingerprint density at radius 2 is 1.91 bits per heavy atom. The zero-order valence-electron chi connectivity index (χ0n) is 13.1.